The molecule has 1 heterocycles. The van der Waals surface area contributed by atoms with Crippen LogP contribution in [0.25, 0.3) is 0 Å². The van der Waals surface area contributed by atoms with E-state index < -0.39 is 10.9 Å². The Labute approximate surface area is 159 Å². The summed E-state index contributed by atoms with van der Waals surface area (Å²) in [6.45, 7) is 5.69. The van der Waals surface area contributed by atoms with Gasteiger partial charge in [0.15, 0.2) is 0 Å². The van der Waals surface area contributed by atoms with Gasteiger partial charge in [0.25, 0.3) is 0 Å². The number of hydrogen-bond donors (Lipinski definition) is 0. The van der Waals surface area contributed by atoms with Gasteiger partial charge in [0.2, 0.25) is 6.20 Å². The molecule has 0 bridgehead atoms. The zero-order valence-electron chi connectivity index (χ0n) is 16.3. The SMILES string of the molecule is COC(=O)/C(C)=C/CC/C(=C\C=C(C)C)C[C@@H]1CC/C(=C\[N+](=O)[O-])C(=O)O1. The highest BCUT2D eigenvalue weighted by molar-refractivity contribution is 5.89. The van der Waals surface area contributed by atoms with Gasteiger partial charge in [-0.15, -0.1) is 0 Å². The van der Waals surface area contributed by atoms with Crippen LogP contribution in [0.15, 0.2) is 46.7 Å². The summed E-state index contributed by atoms with van der Waals surface area (Å²) in [5.41, 5.74) is 2.88. The van der Waals surface area contributed by atoms with Crippen molar-refractivity contribution >= 4 is 11.9 Å². The van der Waals surface area contributed by atoms with Crippen molar-refractivity contribution in [3.8, 4) is 0 Å². The molecule has 0 saturated carbocycles. The summed E-state index contributed by atoms with van der Waals surface area (Å²) < 4.78 is 10.0. The van der Waals surface area contributed by atoms with E-state index in [9.17, 15) is 19.7 Å². The average Bonchev–Trinajstić information content (AvgIpc) is 2.60. The molecule has 0 amide bonds. The first kappa shape index (κ1) is 22.3. The second-order valence-electron chi connectivity index (χ2n) is 6.70. The number of hydrogen-bond acceptors (Lipinski definition) is 6. The Morgan fingerprint density at radius 1 is 1.33 bits per heavy atom. The molecule has 0 unspecified atom stereocenters. The van der Waals surface area contributed by atoms with Crippen molar-refractivity contribution in [1.29, 1.82) is 0 Å². The summed E-state index contributed by atoms with van der Waals surface area (Å²) in [6, 6.07) is 0. The highest BCUT2D eigenvalue weighted by Crippen LogP contribution is 2.26. The third kappa shape index (κ3) is 8.48. The lowest BCUT2D eigenvalue weighted by atomic mass is 9.95. The number of esters is 2. The van der Waals surface area contributed by atoms with Gasteiger partial charge >= 0.3 is 11.9 Å². The Morgan fingerprint density at radius 2 is 2.04 bits per heavy atom. The fourth-order valence-corrected chi connectivity index (χ4v) is 2.64. The van der Waals surface area contributed by atoms with E-state index in [-0.39, 0.29) is 17.6 Å². The highest BCUT2D eigenvalue weighted by Gasteiger charge is 2.27. The lowest BCUT2D eigenvalue weighted by molar-refractivity contribution is -0.403. The van der Waals surface area contributed by atoms with Crippen molar-refractivity contribution in [1.82, 2.24) is 0 Å². The van der Waals surface area contributed by atoms with Gasteiger partial charge in [-0.05, 0) is 46.5 Å². The number of ether oxygens (including phenoxy) is 2. The standard InChI is InChI=1S/C20H27NO6/c1-14(2)8-9-16(7-5-6-15(3)19(22)26-4)12-18-11-10-17(13-21(24)25)20(23)27-18/h6,8-9,13,18H,5,7,10-12H2,1-4H3/b15-6+,16-9+,17-13+/t18-/m0/s1. The van der Waals surface area contributed by atoms with Crippen LogP contribution in [0.2, 0.25) is 0 Å². The molecular weight excluding hydrogens is 350 g/mol. The first-order chi connectivity index (χ1) is 12.7. The van der Waals surface area contributed by atoms with Gasteiger partial charge in [0.05, 0.1) is 12.0 Å². The van der Waals surface area contributed by atoms with E-state index in [0.29, 0.717) is 37.7 Å². The van der Waals surface area contributed by atoms with Crippen molar-refractivity contribution in [2.24, 2.45) is 0 Å². The molecule has 1 atom stereocenters. The minimum Gasteiger partial charge on any atom is -0.466 e. The fourth-order valence-electron chi connectivity index (χ4n) is 2.64. The molecule has 0 aromatic carbocycles. The van der Waals surface area contributed by atoms with Gasteiger partial charge in [0, 0.05) is 12.0 Å². The molecule has 27 heavy (non-hydrogen) atoms. The van der Waals surface area contributed by atoms with Crippen molar-refractivity contribution in [3.05, 3.63) is 56.8 Å². The van der Waals surface area contributed by atoms with E-state index in [1.54, 1.807) is 6.92 Å². The van der Waals surface area contributed by atoms with E-state index in [0.717, 1.165) is 17.3 Å². The van der Waals surface area contributed by atoms with E-state index in [4.69, 9.17) is 4.74 Å². The molecule has 0 aromatic heterocycles. The lowest BCUT2D eigenvalue weighted by Crippen LogP contribution is -2.26. The summed E-state index contributed by atoms with van der Waals surface area (Å²) in [7, 11) is 1.35. The maximum Gasteiger partial charge on any atom is 0.340 e. The van der Waals surface area contributed by atoms with Crippen LogP contribution in [0.5, 0.6) is 0 Å². The number of rotatable bonds is 8. The predicted molar refractivity (Wildman–Crippen MR) is 101 cm³/mol. The Balaban J connectivity index is 2.75. The van der Waals surface area contributed by atoms with Crippen LogP contribution >= 0.6 is 0 Å². The molecular formula is C20H27NO6. The van der Waals surface area contributed by atoms with Crippen molar-refractivity contribution in [2.45, 2.75) is 59.0 Å². The number of allylic oxidation sites excluding steroid dienone is 4. The van der Waals surface area contributed by atoms with Crippen LogP contribution in [0.1, 0.15) is 52.9 Å². The van der Waals surface area contributed by atoms with Crippen LogP contribution in [-0.2, 0) is 19.1 Å². The molecule has 0 radical (unpaired) electrons. The van der Waals surface area contributed by atoms with Crippen molar-refractivity contribution < 1.29 is 24.0 Å². The van der Waals surface area contributed by atoms with Gasteiger partial charge in [-0.3, -0.25) is 10.1 Å². The van der Waals surface area contributed by atoms with Crippen molar-refractivity contribution in [2.75, 3.05) is 7.11 Å². The summed E-state index contributed by atoms with van der Waals surface area (Å²) in [5.74, 6) is -0.970. The molecule has 148 valence electrons. The third-order valence-corrected chi connectivity index (χ3v) is 4.10. The zero-order valence-corrected chi connectivity index (χ0v) is 16.3. The molecule has 1 saturated heterocycles. The molecule has 1 rings (SSSR count). The number of nitrogens with zero attached hydrogens (tertiary/aromatic N) is 1. The van der Waals surface area contributed by atoms with Crippen molar-refractivity contribution in [3.63, 3.8) is 0 Å². The second-order valence-corrected chi connectivity index (χ2v) is 6.70. The smallest absolute Gasteiger partial charge is 0.340 e. The summed E-state index contributed by atoms with van der Waals surface area (Å²) in [4.78, 5) is 33.2. The number of nitro groups is 1. The van der Waals surface area contributed by atoms with Crippen LogP contribution in [-0.4, -0.2) is 30.1 Å². The minimum absolute atomic E-state index is 0.0997. The van der Waals surface area contributed by atoms with Gasteiger partial charge in [-0.25, -0.2) is 9.59 Å². The maximum absolute atomic E-state index is 11.9. The maximum atomic E-state index is 11.9. The fraction of sp³-hybridized carbons (Fsp3) is 0.500. The minimum atomic E-state index is -0.632. The van der Waals surface area contributed by atoms with Crippen LogP contribution in [0.3, 0.4) is 0 Å². The first-order valence-electron chi connectivity index (χ1n) is 8.86. The average molecular weight is 377 g/mol. The molecule has 0 N–H and O–H groups in total. The van der Waals surface area contributed by atoms with Gasteiger partial charge in [-0.2, -0.15) is 0 Å². The van der Waals surface area contributed by atoms with Gasteiger partial charge in [0.1, 0.15) is 11.7 Å². The molecule has 1 fully saturated rings. The normalized spacial score (nSPS) is 19.5. The quantitative estimate of drug-likeness (QED) is 0.208. The Hall–Kier alpha value is -2.70. The van der Waals surface area contributed by atoms with Gasteiger partial charge < -0.3 is 9.47 Å². The second kappa shape index (κ2) is 11.1. The molecule has 0 aromatic rings. The monoisotopic (exact) mass is 377 g/mol. The Bertz CT molecular complexity index is 695. The zero-order chi connectivity index (χ0) is 20.4. The highest BCUT2D eigenvalue weighted by atomic mass is 16.6. The first-order valence-corrected chi connectivity index (χ1v) is 8.86. The molecule has 1 aliphatic rings. The number of carbonyl (C=O) groups is 2. The van der Waals surface area contributed by atoms with E-state index in [1.165, 1.54) is 7.11 Å². The van der Waals surface area contributed by atoms with E-state index in [2.05, 4.69) is 4.74 Å². The molecule has 0 aliphatic carbocycles. The Morgan fingerprint density at radius 3 is 2.59 bits per heavy atom. The topological polar surface area (TPSA) is 95.7 Å². The van der Waals surface area contributed by atoms with E-state index >= 15 is 0 Å². The number of methoxy groups -OCH3 is 1. The molecule has 7 heteroatoms. The van der Waals surface area contributed by atoms with Crippen LogP contribution < -0.4 is 0 Å². The summed E-state index contributed by atoms with van der Waals surface area (Å²) in [6.07, 6.45) is 9.07. The molecule has 1 aliphatic heterocycles. The van der Waals surface area contributed by atoms with E-state index in [1.807, 2.05) is 32.1 Å². The van der Waals surface area contributed by atoms with Gasteiger partial charge in [-0.1, -0.05) is 29.4 Å². The van der Waals surface area contributed by atoms with Crippen LogP contribution in [0.4, 0.5) is 0 Å². The molecule has 0 spiro atoms. The number of carbonyl (C=O) groups excluding carboxylic acids is 2. The summed E-state index contributed by atoms with van der Waals surface area (Å²) in [5, 5.41) is 10.5. The Kier molecular flexibility index (Phi) is 9.19. The lowest BCUT2D eigenvalue weighted by Gasteiger charge is -2.24. The third-order valence-electron chi connectivity index (χ3n) is 4.10. The number of cyclic esters (lactones) is 1. The van der Waals surface area contributed by atoms with Crippen LogP contribution in [0, 0.1) is 10.1 Å². The molecule has 7 nitrogen and oxygen atoms in total. The largest absolute Gasteiger partial charge is 0.466 e. The summed E-state index contributed by atoms with van der Waals surface area (Å²) >= 11 is 0. The predicted octanol–water partition coefficient (Wildman–Crippen LogP) is 4.03.